The summed E-state index contributed by atoms with van der Waals surface area (Å²) in [5, 5.41) is 4.64. The predicted molar refractivity (Wildman–Crippen MR) is 193 cm³/mol. The zero-order valence-corrected chi connectivity index (χ0v) is 25.9. The molecule has 0 saturated heterocycles. The normalized spacial score (nSPS) is 11.4. The van der Waals surface area contributed by atoms with Crippen LogP contribution in [0, 0.1) is 0 Å². The van der Waals surface area contributed by atoms with Crippen molar-refractivity contribution in [3.8, 4) is 56.7 Å². The van der Waals surface area contributed by atoms with Crippen LogP contribution in [0.2, 0.25) is 0 Å². The minimum absolute atomic E-state index is 0.634. The smallest absolute Gasteiger partial charge is 0.164 e. The minimum atomic E-state index is 0.634. The Labute approximate surface area is 275 Å². The summed E-state index contributed by atoms with van der Waals surface area (Å²) in [5.74, 6) is 1.93. The van der Waals surface area contributed by atoms with Gasteiger partial charge in [-0.1, -0.05) is 109 Å². The predicted octanol–water partition coefficient (Wildman–Crippen LogP) is 10.5. The Hall–Kier alpha value is -6.11. The van der Waals surface area contributed by atoms with Crippen LogP contribution < -0.4 is 0 Å². The van der Waals surface area contributed by atoms with Gasteiger partial charge in [0.05, 0.1) is 16.1 Å². The van der Waals surface area contributed by atoms with E-state index in [0.717, 1.165) is 50.0 Å². The summed E-state index contributed by atoms with van der Waals surface area (Å²) >= 11 is 1.77. The lowest BCUT2D eigenvalue weighted by Gasteiger charge is -2.11. The van der Waals surface area contributed by atoms with E-state index in [4.69, 9.17) is 24.9 Å². The fourth-order valence-corrected chi connectivity index (χ4v) is 7.15. The van der Waals surface area contributed by atoms with Crippen molar-refractivity contribution in [3.63, 3.8) is 0 Å². The number of thiophene rings is 1. The summed E-state index contributed by atoms with van der Waals surface area (Å²) in [6, 6.07) is 47.8. The molecule has 5 aromatic carbocycles. The largest absolute Gasteiger partial charge is 0.254 e. The second kappa shape index (κ2) is 11.4. The lowest BCUT2D eigenvalue weighted by Crippen LogP contribution is -2.00. The van der Waals surface area contributed by atoms with Gasteiger partial charge in [-0.05, 0) is 46.8 Å². The van der Waals surface area contributed by atoms with Crippen molar-refractivity contribution in [2.24, 2.45) is 0 Å². The van der Waals surface area contributed by atoms with Gasteiger partial charge in [-0.15, -0.1) is 11.3 Å². The molecule has 0 unspecified atom stereocenters. The average molecular weight is 620 g/mol. The molecule has 0 atom stereocenters. The first-order valence-electron chi connectivity index (χ1n) is 15.4. The van der Waals surface area contributed by atoms with Gasteiger partial charge in [0.15, 0.2) is 17.5 Å². The van der Waals surface area contributed by atoms with E-state index < -0.39 is 0 Å². The molecular formula is C41H25N5S. The summed E-state index contributed by atoms with van der Waals surface area (Å²) in [6.45, 7) is 0. The highest BCUT2D eigenvalue weighted by Crippen LogP contribution is 2.37. The van der Waals surface area contributed by atoms with Crippen molar-refractivity contribution in [1.82, 2.24) is 24.9 Å². The molecular weight excluding hydrogens is 595 g/mol. The lowest BCUT2D eigenvalue weighted by molar-refractivity contribution is 1.07. The van der Waals surface area contributed by atoms with Crippen LogP contribution in [0.15, 0.2) is 152 Å². The molecule has 5 nitrogen and oxygen atoms in total. The number of pyridine rings is 2. The van der Waals surface area contributed by atoms with Gasteiger partial charge in [0, 0.05) is 49.9 Å². The van der Waals surface area contributed by atoms with Crippen LogP contribution in [0.1, 0.15) is 0 Å². The molecule has 4 aromatic heterocycles. The number of hydrogen-bond acceptors (Lipinski definition) is 6. The minimum Gasteiger partial charge on any atom is -0.254 e. The van der Waals surface area contributed by atoms with Crippen LogP contribution in [0.3, 0.4) is 0 Å². The fourth-order valence-electron chi connectivity index (χ4n) is 6.10. The third kappa shape index (κ3) is 5.01. The number of nitrogens with zero attached hydrogens (tertiary/aromatic N) is 5. The monoisotopic (exact) mass is 619 g/mol. The van der Waals surface area contributed by atoms with Crippen molar-refractivity contribution < 1.29 is 0 Å². The zero-order chi connectivity index (χ0) is 31.2. The van der Waals surface area contributed by atoms with Crippen molar-refractivity contribution in [1.29, 1.82) is 0 Å². The maximum absolute atomic E-state index is 4.93. The van der Waals surface area contributed by atoms with Gasteiger partial charge in [0.1, 0.15) is 0 Å². The molecule has 220 valence electrons. The molecule has 0 N–H and O–H groups in total. The molecule has 0 aliphatic heterocycles. The lowest BCUT2D eigenvalue weighted by atomic mass is 9.98. The molecule has 47 heavy (non-hydrogen) atoms. The SMILES string of the molecule is c1ccc(-c2nc(-c3ccccc3)nc(-c3cccc(-c4ccc5c(-c6cc7c(cn6)sc6ccccc67)nccc5c4)c3)n2)cc1. The van der Waals surface area contributed by atoms with Crippen molar-refractivity contribution in [3.05, 3.63) is 152 Å². The molecule has 0 spiro atoms. The number of hydrogen-bond donors (Lipinski definition) is 0. The fraction of sp³-hybridized carbons (Fsp3) is 0. The van der Waals surface area contributed by atoms with Crippen molar-refractivity contribution >= 4 is 42.3 Å². The van der Waals surface area contributed by atoms with Gasteiger partial charge in [-0.3, -0.25) is 9.97 Å². The molecule has 0 bridgehead atoms. The Balaban J connectivity index is 1.12. The van der Waals surface area contributed by atoms with Gasteiger partial charge < -0.3 is 0 Å². The summed E-state index contributed by atoms with van der Waals surface area (Å²) in [4.78, 5) is 24.3. The van der Waals surface area contributed by atoms with Gasteiger partial charge in [0.2, 0.25) is 0 Å². The van der Waals surface area contributed by atoms with E-state index in [-0.39, 0.29) is 0 Å². The van der Waals surface area contributed by atoms with E-state index >= 15 is 0 Å². The second-order valence-corrected chi connectivity index (χ2v) is 12.5. The Morgan fingerprint density at radius 1 is 0.404 bits per heavy atom. The van der Waals surface area contributed by atoms with Gasteiger partial charge in [-0.25, -0.2) is 15.0 Å². The first-order valence-corrected chi connectivity index (χ1v) is 16.2. The van der Waals surface area contributed by atoms with E-state index in [9.17, 15) is 0 Å². The highest BCUT2D eigenvalue weighted by atomic mass is 32.1. The Bertz CT molecular complexity index is 2520. The highest BCUT2D eigenvalue weighted by molar-refractivity contribution is 7.25. The van der Waals surface area contributed by atoms with Gasteiger partial charge >= 0.3 is 0 Å². The number of fused-ring (bicyclic) bond motifs is 4. The molecule has 6 heteroatoms. The topological polar surface area (TPSA) is 64.5 Å². The van der Waals surface area contributed by atoms with Crippen LogP contribution in [0.25, 0.3) is 87.6 Å². The zero-order valence-electron chi connectivity index (χ0n) is 25.1. The highest BCUT2D eigenvalue weighted by Gasteiger charge is 2.15. The van der Waals surface area contributed by atoms with Crippen LogP contribution in [0.5, 0.6) is 0 Å². The molecule has 0 radical (unpaired) electrons. The molecule has 9 rings (SSSR count). The first kappa shape index (κ1) is 27.2. The first-order chi connectivity index (χ1) is 23.3. The molecule has 0 amide bonds. The summed E-state index contributed by atoms with van der Waals surface area (Å²) in [6.07, 6.45) is 3.85. The summed E-state index contributed by atoms with van der Waals surface area (Å²) in [7, 11) is 0. The van der Waals surface area contributed by atoms with E-state index in [2.05, 4.69) is 78.9 Å². The third-order valence-electron chi connectivity index (χ3n) is 8.43. The summed E-state index contributed by atoms with van der Waals surface area (Å²) < 4.78 is 2.45. The number of benzene rings is 5. The van der Waals surface area contributed by atoms with Crippen molar-refractivity contribution in [2.75, 3.05) is 0 Å². The second-order valence-electron chi connectivity index (χ2n) is 11.4. The maximum atomic E-state index is 4.93. The molecule has 0 saturated carbocycles. The number of rotatable bonds is 5. The standard InChI is InChI=1S/C41H25N5S/c1-3-10-26(11-4-1)39-44-40(27-12-5-2-6-13-27)46-41(45-39)31-15-9-14-28(23-31)29-18-19-32-30(22-29)20-21-42-38(32)35-24-34-33-16-7-8-17-36(33)47-37(34)25-43-35/h1-25H. The third-order valence-corrected chi connectivity index (χ3v) is 9.55. The molecule has 0 fully saturated rings. The van der Waals surface area contributed by atoms with E-state index in [1.54, 1.807) is 11.3 Å². The van der Waals surface area contributed by atoms with E-state index in [0.29, 0.717) is 17.5 Å². The Morgan fingerprint density at radius 3 is 1.81 bits per heavy atom. The average Bonchev–Trinajstić information content (AvgIpc) is 3.53. The Morgan fingerprint density at radius 2 is 1.04 bits per heavy atom. The molecule has 4 heterocycles. The van der Waals surface area contributed by atoms with Gasteiger partial charge in [-0.2, -0.15) is 0 Å². The van der Waals surface area contributed by atoms with Gasteiger partial charge in [0.25, 0.3) is 0 Å². The molecule has 0 aliphatic carbocycles. The van der Waals surface area contributed by atoms with E-state index in [1.807, 2.05) is 73.1 Å². The molecule has 0 aliphatic rings. The maximum Gasteiger partial charge on any atom is 0.164 e. The van der Waals surface area contributed by atoms with Crippen LogP contribution >= 0.6 is 11.3 Å². The van der Waals surface area contributed by atoms with Crippen LogP contribution in [0.4, 0.5) is 0 Å². The molecule has 9 aromatic rings. The van der Waals surface area contributed by atoms with Crippen molar-refractivity contribution in [2.45, 2.75) is 0 Å². The van der Waals surface area contributed by atoms with Crippen LogP contribution in [-0.2, 0) is 0 Å². The van der Waals surface area contributed by atoms with Crippen LogP contribution in [-0.4, -0.2) is 24.9 Å². The number of aromatic nitrogens is 5. The Kier molecular flexibility index (Phi) is 6.58. The quantitative estimate of drug-likeness (QED) is 0.192. The summed E-state index contributed by atoms with van der Waals surface area (Å²) in [5.41, 5.74) is 6.76. The van der Waals surface area contributed by atoms with E-state index in [1.165, 1.54) is 20.2 Å².